The molecular formula is C11H22N2O2. The molecule has 1 fully saturated rings. The number of aliphatic hydroxyl groups is 1. The second-order valence-electron chi connectivity index (χ2n) is 4.50. The zero-order valence-corrected chi connectivity index (χ0v) is 9.65. The molecule has 0 radical (unpaired) electrons. The molecule has 1 amide bonds. The maximum absolute atomic E-state index is 11.7. The Balaban J connectivity index is 2.36. The SMILES string of the molecule is CCC(N)CC(=O)N1CCC(C(C)O)C1. The molecule has 3 N–H and O–H groups in total. The van der Waals surface area contributed by atoms with Crippen LogP contribution in [0.2, 0.25) is 0 Å². The van der Waals surface area contributed by atoms with Crippen LogP contribution in [0.1, 0.15) is 33.1 Å². The van der Waals surface area contributed by atoms with Crippen LogP contribution in [-0.4, -0.2) is 41.1 Å². The lowest BCUT2D eigenvalue weighted by Crippen LogP contribution is -2.35. The van der Waals surface area contributed by atoms with Gasteiger partial charge in [-0.05, 0) is 19.8 Å². The number of aliphatic hydroxyl groups excluding tert-OH is 1. The van der Waals surface area contributed by atoms with Crippen LogP contribution in [0.5, 0.6) is 0 Å². The zero-order chi connectivity index (χ0) is 11.4. The molecule has 0 bridgehead atoms. The van der Waals surface area contributed by atoms with Crippen LogP contribution < -0.4 is 5.73 Å². The first-order valence-electron chi connectivity index (χ1n) is 5.76. The van der Waals surface area contributed by atoms with Gasteiger partial charge in [-0.2, -0.15) is 0 Å². The molecule has 0 spiro atoms. The second kappa shape index (κ2) is 5.47. The summed E-state index contributed by atoms with van der Waals surface area (Å²) in [6.07, 6.45) is 1.86. The van der Waals surface area contributed by atoms with Crippen LogP contribution in [-0.2, 0) is 4.79 Å². The molecule has 3 atom stereocenters. The summed E-state index contributed by atoms with van der Waals surface area (Å²) in [6, 6.07) is -0.0249. The van der Waals surface area contributed by atoms with Crippen LogP contribution >= 0.6 is 0 Å². The molecule has 0 aromatic heterocycles. The van der Waals surface area contributed by atoms with Gasteiger partial charge >= 0.3 is 0 Å². The van der Waals surface area contributed by atoms with Gasteiger partial charge < -0.3 is 15.7 Å². The van der Waals surface area contributed by atoms with Gasteiger partial charge in [0, 0.05) is 31.5 Å². The van der Waals surface area contributed by atoms with Crippen molar-refractivity contribution in [2.75, 3.05) is 13.1 Å². The lowest BCUT2D eigenvalue weighted by molar-refractivity contribution is -0.130. The summed E-state index contributed by atoms with van der Waals surface area (Å²) in [4.78, 5) is 13.6. The number of amides is 1. The number of nitrogens with two attached hydrogens (primary N) is 1. The van der Waals surface area contributed by atoms with Crippen molar-refractivity contribution in [3.05, 3.63) is 0 Å². The van der Waals surface area contributed by atoms with E-state index in [1.807, 2.05) is 11.8 Å². The molecule has 4 nitrogen and oxygen atoms in total. The van der Waals surface area contributed by atoms with E-state index >= 15 is 0 Å². The minimum Gasteiger partial charge on any atom is -0.393 e. The van der Waals surface area contributed by atoms with Gasteiger partial charge in [0.25, 0.3) is 0 Å². The largest absolute Gasteiger partial charge is 0.393 e. The van der Waals surface area contributed by atoms with E-state index in [1.165, 1.54) is 0 Å². The molecule has 0 aromatic rings. The number of carbonyl (C=O) groups is 1. The highest BCUT2D eigenvalue weighted by Gasteiger charge is 2.29. The first-order chi connectivity index (χ1) is 7.04. The Morgan fingerprint density at radius 3 is 2.80 bits per heavy atom. The van der Waals surface area contributed by atoms with E-state index in [-0.39, 0.29) is 24.0 Å². The predicted molar refractivity (Wildman–Crippen MR) is 59.3 cm³/mol. The quantitative estimate of drug-likeness (QED) is 0.709. The van der Waals surface area contributed by atoms with Gasteiger partial charge in [-0.15, -0.1) is 0 Å². The number of hydrogen-bond donors (Lipinski definition) is 2. The number of hydrogen-bond acceptors (Lipinski definition) is 3. The fourth-order valence-corrected chi connectivity index (χ4v) is 1.91. The summed E-state index contributed by atoms with van der Waals surface area (Å²) in [7, 11) is 0. The van der Waals surface area contributed by atoms with E-state index < -0.39 is 0 Å². The lowest BCUT2D eigenvalue weighted by Gasteiger charge is -2.19. The van der Waals surface area contributed by atoms with Crippen molar-refractivity contribution in [2.24, 2.45) is 11.7 Å². The molecule has 1 saturated heterocycles. The third-order valence-electron chi connectivity index (χ3n) is 3.22. The Hall–Kier alpha value is -0.610. The van der Waals surface area contributed by atoms with Gasteiger partial charge in [-0.25, -0.2) is 0 Å². The van der Waals surface area contributed by atoms with Crippen molar-refractivity contribution in [3.63, 3.8) is 0 Å². The molecule has 0 aromatic carbocycles. The van der Waals surface area contributed by atoms with E-state index in [1.54, 1.807) is 6.92 Å². The maximum Gasteiger partial charge on any atom is 0.224 e. The molecule has 1 heterocycles. The minimum atomic E-state index is -0.317. The van der Waals surface area contributed by atoms with Gasteiger partial charge in [0.1, 0.15) is 0 Å². The minimum absolute atomic E-state index is 0.0249. The summed E-state index contributed by atoms with van der Waals surface area (Å²) in [5.41, 5.74) is 5.74. The average Bonchev–Trinajstić information content (AvgIpc) is 2.66. The van der Waals surface area contributed by atoms with Gasteiger partial charge in [-0.1, -0.05) is 6.92 Å². The van der Waals surface area contributed by atoms with Crippen LogP contribution in [0.4, 0.5) is 0 Å². The van der Waals surface area contributed by atoms with Crippen LogP contribution in [0.3, 0.4) is 0 Å². The zero-order valence-electron chi connectivity index (χ0n) is 9.65. The summed E-state index contributed by atoms with van der Waals surface area (Å²) < 4.78 is 0. The van der Waals surface area contributed by atoms with Gasteiger partial charge in [0.15, 0.2) is 0 Å². The van der Waals surface area contributed by atoms with Crippen molar-refractivity contribution in [1.29, 1.82) is 0 Å². The second-order valence-corrected chi connectivity index (χ2v) is 4.50. The first-order valence-corrected chi connectivity index (χ1v) is 5.76. The first kappa shape index (κ1) is 12.5. The van der Waals surface area contributed by atoms with Crippen molar-refractivity contribution in [2.45, 2.75) is 45.3 Å². The van der Waals surface area contributed by atoms with Crippen LogP contribution in [0, 0.1) is 5.92 Å². The van der Waals surface area contributed by atoms with E-state index in [9.17, 15) is 9.90 Å². The molecule has 1 aliphatic rings. The normalized spacial score (nSPS) is 25.3. The monoisotopic (exact) mass is 214 g/mol. The Kier molecular flexibility index (Phi) is 4.54. The third-order valence-corrected chi connectivity index (χ3v) is 3.22. The summed E-state index contributed by atoms with van der Waals surface area (Å²) in [6.45, 7) is 5.23. The standard InChI is InChI=1S/C11H22N2O2/c1-3-10(12)6-11(15)13-5-4-9(7-13)8(2)14/h8-10,14H,3-7,12H2,1-2H3. The third kappa shape index (κ3) is 3.47. The molecule has 4 heteroatoms. The molecular weight excluding hydrogens is 192 g/mol. The van der Waals surface area contributed by atoms with Crippen molar-refractivity contribution < 1.29 is 9.90 Å². The summed E-state index contributed by atoms with van der Waals surface area (Å²) in [5.74, 6) is 0.374. The maximum atomic E-state index is 11.7. The van der Waals surface area contributed by atoms with Gasteiger partial charge in [0.2, 0.25) is 5.91 Å². The Morgan fingerprint density at radius 1 is 1.67 bits per heavy atom. The molecule has 1 rings (SSSR count). The average molecular weight is 214 g/mol. The highest BCUT2D eigenvalue weighted by molar-refractivity contribution is 5.77. The Bertz CT molecular complexity index is 219. The molecule has 0 saturated carbocycles. The summed E-state index contributed by atoms with van der Waals surface area (Å²) in [5, 5.41) is 9.42. The van der Waals surface area contributed by atoms with Crippen molar-refractivity contribution in [1.82, 2.24) is 4.90 Å². The Morgan fingerprint density at radius 2 is 2.33 bits per heavy atom. The predicted octanol–water partition coefficient (Wildman–Crippen LogP) is 0.343. The van der Waals surface area contributed by atoms with E-state index in [0.29, 0.717) is 13.0 Å². The number of rotatable bonds is 4. The molecule has 0 aliphatic carbocycles. The fraction of sp³-hybridized carbons (Fsp3) is 0.909. The van der Waals surface area contributed by atoms with Crippen molar-refractivity contribution in [3.8, 4) is 0 Å². The van der Waals surface area contributed by atoms with E-state index in [0.717, 1.165) is 19.4 Å². The number of likely N-dealkylation sites (tertiary alicyclic amines) is 1. The van der Waals surface area contributed by atoms with E-state index in [4.69, 9.17) is 5.73 Å². The van der Waals surface area contributed by atoms with Crippen LogP contribution in [0.25, 0.3) is 0 Å². The highest BCUT2D eigenvalue weighted by Crippen LogP contribution is 2.20. The summed E-state index contributed by atoms with van der Waals surface area (Å²) >= 11 is 0. The van der Waals surface area contributed by atoms with Crippen molar-refractivity contribution >= 4 is 5.91 Å². The highest BCUT2D eigenvalue weighted by atomic mass is 16.3. The van der Waals surface area contributed by atoms with Gasteiger partial charge in [-0.3, -0.25) is 4.79 Å². The smallest absolute Gasteiger partial charge is 0.224 e. The number of nitrogens with zero attached hydrogens (tertiary/aromatic N) is 1. The molecule has 15 heavy (non-hydrogen) atoms. The fourth-order valence-electron chi connectivity index (χ4n) is 1.91. The molecule has 88 valence electrons. The lowest BCUT2D eigenvalue weighted by atomic mass is 10.0. The topological polar surface area (TPSA) is 66.6 Å². The Labute approximate surface area is 91.4 Å². The number of carbonyl (C=O) groups excluding carboxylic acids is 1. The molecule has 1 aliphatic heterocycles. The van der Waals surface area contributed by atoms with Crippen LogP contribution in [0.15, 0.2) is 0 Å². The van der Waals surface area contributed by atoms with E-state index in [2.05, 4.69) is 0 Å². The van der Waals surface area contributed by atoms with Gasteiger partial charge in [0.05, 0.1) is 6.10 Å². The molecule has 3 unspecified atom stereocenters.